The molecule has 4 aromatic rings. The molecule has 0 bridgehead atoms. The molecule has 1 unspecified atom stereocenters. The number of hydrogen-bond donors (Lipinski definition) is 3. The van der Waals surface area contributed by atoms with Crippen LogP contribution >= 0.6 is 0 Å². The molecule has 174 valence electrons. The summed E-state index contributed by atoms with van der Waals surface area (Å²) in [7, 11) is 0. The van der Waals surface area contributed by atoms with E-state index < -0.39 is 17.7 Å². The monoisotopic (exact) mass is 463 g/mol. The molecule has 0 spiro atoms. The first-order valence-corrected chi connectivity index (χ1v) is 11.1. The van der Waals surface area contributed by atoms with E-state index in [2.05, 4.69) is 35.6 Å². The summed E-state index contributed by atoms with van der Waals surface area (Å²) in [5.41, 5.74) is 1.76. The minimum Gasteiger partial charge on any atom is -0.389 e. The summed E-state index contributed by atoms with van der Waals surface area (Å²) in [5, 5.41) is 16.7. The van der Waals surface area contributed by atoms with Gasteiger partial charge in [0.2, 0.25) is 11.9 Å². The quantitative estimate of drug-likeness (QED) is 0.407. The number of halogens is 2. The lowest BCUT2D eigenvalue weighted by Crippen LogP contribution is -2.26. The third-order valence-electron chi connectivity index (χ3n) is 6.01. The second kappa shape index (κ2) is 9.32. The van der Waals surface area contributed by atoms with Crippen molar-refractivity contribution in [1.29, 1.82) is 0 Å². The van der Waals surface area contributed by atoms with Crippen molar-refractivity contribution in [2.75, 3.05) is 18.4 Å². The minimum atomic E-state index is -0.849. The van der Waals surface area contributed by atoms with Crippen molar-refractivity contribution in [3.8, 4) is 11.3 Å². The van der Waals surface area contributed by atoms with E-state index in [4.69, 9.17) is 0 Å². The number of aliphatic hydroxyl groups is 1. The van der Waals surface area contributed by atoms with Crippen LogP contribution in [0.25, 0.3) is 22.2 Å². The molecule has 0 radical (unpaired) electrons. The fraction of sp³-hybridized carbons (Fsp3) is 0.292. The summed E-state index contributed by atoms with van der Waals surface area (Å²) in [4.78, 5) is 21.0. The van der Waals surface area contributed by atoms with Crippen LogP contribution in [0.3, 0.4) is 0 Å². The molecule has 0 saturated carbocycles. The molecule has 1 aliphatic rings. The Labute approximate surface area is 194 Å². The zero-order valence-corrected chi connectivity index (χ0v) is 18.5. The Kier molecular flexibility index (Phi) is 6.08. The van der Waals surface area contributed by atoms with Gasteiger partial charge in [0.1, 0.15) is 17.0 Å². The maximum atomic E-state index is 14.8. The zero-order valence-electron chi connectivity index (χ0n) is 18.5. The highest BCUT2D eigenvalue weighted by molar-refractivity contribution is 5.87. The number of aliphatic hydroxyl groups excluding tert-OH is 1. The van der Waals surface area contributed by atoms with Crippen LogP contribution in [0.5, 0.6) is 0 Å². The lowest BCUT2D eigenvalue weighted by atomic mass is 9.92. The smallest absolute Gasteiger partial charge is 0.230 e. The van der Waals surface area contributed by atoms with Gasteiger partial charge in [-0.2, -0.15) is 0 Å². The highest BCUT2D eigenvalue weighted by atomic mass is 19.1. The fourth-order valence-corrected chi connectivity index (χ4v) is 4.23. The van der Waals surface area contributed by atoms with Crippen LogP contribution in [0.4, 0.5) is 20.7 Å². The molecule has 1 saturated heterocycles. The maximum absolute atomic E-state index is 14.8. The third kappa shape index (κ3) is 4.42. The van der Waals surface area contributed by atoms with Gasteiger partial charge in [0.15, 0.2) is 5.82 Å². The third-order valence-corrected chi connectivity index (χ3v) is 6.01. The molecule has 1 aliphatic heterocycles. The number of pyridine rings is 1. The number of aromatic nitrogens is 5. The van der Waals surface area contributed by atoms with Gasteiger partial charge in [0, 0.05) is 29.5 Å². The number of piperidine rings is 1. The molecule has 3 aromatic heterocycles. The first-order valence-electron chi connectivity index (χ1n) is 11.1. The number of benzene rings is 1. The normalized spacial score (nSPS) is 15.4. The van der Waals surface area contributed by atoms with E-state index in [9.17, 15) is 13.9 Å². The Morgan fingerprint density at radius 3 is 2.47 bits per heavy atom. The molecule has 8 nitrogen and oxygen atoms in total. The SMILES string of the molecule is CC(O)c1ccnc2c(F)cc(-c3nc(Nc4ncc(C5CCNCC5)cn4)ncc3F)cc12. The van der Waals surface area contributed by atoms with E-state index in [1.54, 1.807) is 31.5 Å². The molecule has 0 aliphatic carbocycles. The maximum Gasteiger partial charge on any atom is 0.230 e. The average molecular weight is 463 g/mol. The molecule has 4 heterocycles. The van der Waals surface area contributed by atoms with Crippen molar-refractivity contribution in [2.24, 2.45) is 0 Å². The Balaban J connectivity index is 1.45. The van der Waals surface area contributed by atoms with Crippen molar-refractivity contribution >= 4 is 22.8 Å². The van der Waals surface area contributed by atoms with E-state index in [1.807, 2.05) is 0 Å². The van der Waals surface area contributed by atoms with Crippen LogP contribution in [0.2, 0.25) is 0 Å². The lowest BCUT2D eigenvalue weighted by molar-refractivity contribution is 0.201. The van der Waals surface area contributed by atoms with Gasteiger partial charge in [-0.1, -0.05) is 0 Å². The Bertz CT molecular complexity index is 1330. The highest BCUT2D eigenvalue weighted by Gasteiger charge is 2.18. The van der Waals surface area contributed by atoms with Gasteiger partial charge < -0.3 is 10.4 Å². The largest absolute Gasteiger partial charge is 0.389 e. The number of nitrogens with one attached hydrogen (secondary N) is 2. The predicted octanol–water partition coefficient (Wildman–Crippen LogP) is 4.02. The van der Waals surface area contributed by atoms with Crippen molar-refractivity contribution in [1.82, 2.24) is 30.2 Å². The first-order chi connectivity index (χ1) is 16.5. The highest BCUT2D eigenvalue weighted by Crippen LogP contribution is 2.31. The van der Waals surface area contributed by atoms with E-state index in [0.29, 0.717) is 16.9 Å². The van der Waals surface area contributed by atoms with E-state index >= 15 is 0 Å². The van der Waals surface area contributed by atoms with Gasteiger partial charge in [-0.3, -0.25) is 10.3 Å². The van der Waals surface area contributed by atoms with Gasteiger partial charge in [-0.05, 0) is 68.1 Å². The second-order valence-corrected chi connectivity index (χ2v) is 8.31. The average Bonchev–Trinajstić information content (AvgIpc) is 2.86. The Morgan fingerprint density at radius 1 is 1.00 bits per heavy atom. The molecule has 0 amide bonds. The number of rotatable bonds is 5. The van der Waals surface area contributed by atoms with Crippen molar-refractivity contribution < 1.29 is 13.9 Å². The molecule has 5 rings (SSSR count). The van der Waals surface area contributed by atoms with E-state index in [1.165, 1.54) is 12.3 Å². The first kappa shape index (κ1) is 22.2. The summed E-state index contributed by atoms with van der Waals surface area (Å²) >= 11 is 0. The summed E-state index contributed by atoms with van der Waals surface area (Å²) in [5.74, 6) is -0.574. The van der Waals surface area contributed by atoms with E-state index in [-0.39, 0.29) is 28.7 Å². The van der Waals surface area contributed by atoms with Crippen LogP contribution in [0.1, 0.15) is 42.9 Å². The van der Waals surface area contributed by atoms with Crippen molar-refractivity contribution in [2.45, 2.75) is 31.8 Å². The Morgan fingerprint density at radius 2 is 1.74 bits per heavy atom. The number of anilines is 2. The summed E-state index contributed by atoms with van der Waals surface area (Å²) in [6.07, 6.45) is 7.21. The van der Waals surface area contributed by atoms with Gasteiger partial charge >= 0.3 is 0 Å². The minimum absolute atomic E-state index is 0.0773. The molecule has 1 aromatic carbocycles. The van der Waals surface area contributed by atoms with Crippen LogP contribution in [-0.4, -0.2) is 43.1 Å². The number of fused-ring (bicyclic) bond motifs is 1. The molecule has 1 atom stereocenters. The van der Waals surface area contributed by atoms with Crippen molar-refractivity contribution in [3.05, 3.63) is 65.7 Å². The zero-order chi connectivity index (χ0) is 23.7. The van der Waals surface area contributed by atoms with Gasteiger partial charge in [-0.25, -0.2) is 28.7 Å². The molecule has 3 N–H and O–H groups in total. The summed E-state index contributed by atoms with van der Waals surface area (Å²) in [6.45, 7) is 3.52. The van der Waals surface area contributed by atoms with Crippen molar-refractivity contribution in [3.63, 3.8) is 0 Å². The number of hydrogen-bond acceptors (Lipinski definition) is 8. The molecule has 1 fully saturated rings. The molecule has 10 heteroatoms. The van der Waals surface area contributed by atoms with Crippen LogP contribution in [0.15, 0.2) is 43.0 Å². The standard InChI is InChI=1S/C24H23F2N7O/c1-13(34)17-4-7-28-22-18(17)8-15(9-19(22)25)21-20(26)12-31-24(32-21)33-23-29-10-16(11-30-23)14-2-5-27-6-3-14/h4,7-14,27,34H,2-3,5-6H2,1H3,(H,29,30,31,32,33). The predicted molar refractivity (Wildman–Crippen MR) is 123 cm³/mol. The topological polar surface area (TPSA) is 109 Å². The van der Waals surface area contributed by atoms with E-state index in [0.717, 1.165) is 37.7 Å². The summed E-state index contributed by atoms with van der Waals surface area (Å²) in [6, 6.07) is 4.33. The Hall–Kier alpha value is -3.63. The van der Waals surface area contributed by atoms with Crippen LogP contribution < -0.4 is 10.6 Å². The lowest BCUT2D eigenvalue weighted by Gasteiger charge is -2.22. The summed E-state index contributed by atoms with van der Waals surface area (Å²) < 4.78 is 29.5. The van der Waals surface area contributed by atoms with Gasteiger partial charge in [-0.15, -0.1) is 0 Å². The van der Waals surface area contributed by atoms with Gasteiger partial charge in [0.25, 0.3) is 0 Å². The second-order valence-electron chi connectivity index (χ2n) is 8.31. The molecular weight excluding hydrogens is 440 g/mol. The van der Waals surface area contributed by atoms with Crippen LogP contribution in [-0.2, 0) is 0 Å². The van der Waals surface area contributed by atoms with Crippen LogP contribution in [0, 0.1) is 11.6 Å². The fourth-order valence-electron chi connectivity index (χ4n) is 4.23. The molecule has 34 heavy (non-hydrogen) atoms. The number of nitrogens with zero attached hydrogens (tertiary/aromatic N) is 5. The van der Waals surface area contributed by atoms with Gasteiger partial charge in [0.05, 0.1) is 12.3 Å². The molecular formula is C24H23F2N7O.